The van der Waals surface area contributed by atoms with Crippen molar-refractivity contribution in [2.75, 3.05) is 5.32 Å². The Balaban J connectivity index is 2.32. The quantitative estimate of drug-likeness (QED) is 0.924. The van der Waals surface area contributed by atoms with E-state index in [1.165, 1.54) is 6.07 Å². The molecular weight excluding hydrogens is 305 g/mol. The molecule has 1 N–H and O–H groups in total. The van der Waals surface area contributed by atoms with Gasteiger partial charge in [0, 0.05) is 0 Å². The average Bonchev–Trinajstić information content (AvgIpc) is 2.54. The summed E-state index contributed by atoms with van der Waals surface area (Å²) in [5.41, 5.74) is -0.984. The molecule has 4 nitrogen and oxygen atoms in total. The number of anilines is 1. The molecular formula is C16H11F3N4. The van der Waals surface area contributed by atoms with Gasteiger partial charge in [0.15, 0.2) is 5.69 Å². The van der Waals surface area contributed by atoms with Crippen molar-refractivity contribution in [3.8, 4) is 12.1 Å². The van der Waals surface area contributed by atoms with E-state index in [2.05, 4.69) is 10.3 Å². The minimum atomic E-state index is -4.64. The Morgan fingerprint density at radius 3 is 2.35 bits per heavy atom. The number of nitrogens with zero attached hydrogens (tertiary/aromatic N) is 3. The van der Waals surface area contributed by atoms with Crippen molar-refractivity contribution in [2.45, 2.75) is 18.6 Å². The maximum Gasteiger partial charge on any atom is 0.419 e. The van der Waals surface area contributed by atoms with Crippen LogP contribution in [0.3, 0.4) is 0 Å². The third kappa shape index (κ3) is 3.98. The maximum absolute atomic E-state index is 12.8. The van der Waals surface area contributed by atoms with Gasteiger partial charge in [-0.2, -0.15) is 23.7 Å². The first kappa shape index (κ1) is 16.3. The molecule has 1 aromatic heterocycles. The van der Waals surface area contributed by atoms with E-state index in [1.54, 1.807) is 24.3 Å². The molecule has 0 saturated heterocycles. The smallest absolute Gasteiger partial charge is 0.362 e. The number of benzene rings is 1. The Kier molecular flexibility index (Phi) is 4.82. The van der Waals surface area contributed by atoms with Gasteiger partial charge in [0.05, 0.1) is 24.1 Å². The molecule has 0 saturated carbocycles. The Labute approximate surface area is 130 Å². The Morgan fingerprint density at radius 2 is 1.78 bits per heavy atom. The van der Waals surface area contributed by atoms with Crippen LogP contribution in [0, 0.1) is 22.7 Å². The molecule has 0 amide bonds. The summed E-state index contributed by atoms with van der Waals surface area (Å²) in [5, 5.41) is 20.7. The first-order chi connectivity index (χ1) is 11.0. The summed E-state index contributed by atoms with van der Waals surface area (Å²) in [6.07, 6.45) is -4.53. The van der Waals surface area contributed by atoms with Crippen LogP contribution in [0.1, 0.15) is 29.3 Å². The number of nitriles is 2. The summed E-state index contributed by atoms with van der Waals surface area (Å²) in [6.45, 7) is 0. The van der Waals surface area contributed by atoms with Gasteiger partial charge in [-0.25, -0.2) is 4.98 Å². The summed E-state index contributed by atoms with van der Waals surface area (Å²) in [5.74, 6) is 0.110. The van der Waals surface area contributed by atoms with E-state index in [-0.39, 0.29) is 12.2 Å². The molecule has 0 radical (unpaired) electrons. The van der Waals surface area contributed by atoms with E-state index in [0.29, 0.717) is 0 Å². The second-order valence-corrected chi connectivity index (χ2v) is 4.67. The van der Waals surface area contributed by atoms with Crippen LogP contribution in [-0.4, -0.2) is 4.98 Å². The van der Waals surface area contributed by atoms with Crippen molar-refractivity contribution < 1.29 is 13.2 Å². The summed E-state index contributed by atoms with van der Waals surface area (Å²) >= 11 is 0. The standard InChI is InChI=1S/C16H11F3N4/c17-16(18,19)12-6-7-15(23-14(12)10-21)22-13(8-9-20)11-4-2-1-3-5-11/h1-7,13H,8H2,(H,22,23)/t13-/m0/s1. The van der Waals surface area contributed by atoms with Gasteiger partial charge < -0.3 is 5.32 Å². The van der Waals surface area contributed by atoms with E-state index < -0.39 is 23.5 Å². The van der Waals surface area contributed by atoms with Crippen molar-refractivity contribution in [2.24, 2.45) is 0 Å². The normalized spacial score (nSPS) is 12.0. The van der Waals surface area contributed by atoms with Crippen LogP contribution in [0.2, 0.25) is 0 Å². The largest absolute Gasteiger partial charge is 0.419 e. The molecule has 0 aliphatic carbocycles. The highest BCUT2D eigenvalue weighted by Crippen LogP contribution is 2.32. The van der Waals surface area contributed by atoms with Crippen molar-refractivity contribution in [3.63, 3.8) is 0 Å². The van der Waals surface area contributed by atoms with Crippen LogP contribution in [0.4, 0.5) is 19.0 Å². The summed E-state index contributed by atoms with van der Waals surface area (Å²) in [7, 11) is 0. The van der Waals surface area contributed by atoms with Crippen LogP contribution in [0.25, 0.3) is 0 Å². The van der Waals surface area contributed by atoms with Crippen LogP contribution in [0.15, 0.2) is 42.5 Å². The lowest BCUT2D eigenvalue weighted by Crippen LogP contribution is -2.14. The number of rotatable bonds is 4. The van der Waals surface area contributed by atoms with Gasteiger partial charge in [-0.15, -0.1) is 0 Å². The van der Waals surface area contributed by atoms with E-state index >= 15 is 0 Å². The fraction of sp³-hybridized carbons (Fsp3) is 0.188. The van der Waals surface area contributed by atoms with Crippen molar-refractivity contribution in [1.29, 1.82) is 10.5 Å². The monoisotopic (exact) mass is 316 g/mol. The Bertz CT molecular complexity index is 758. The molecule has 0 unspecified atom stereocenters. The molecule has 2 rings (SSSR count). The number of aromatic nitrogens is 1. The lowest BCUT2D eigenvalue weighted by Gasteiger charge is -2.18. The van der Waals surface area contributed by atoms with Crippen LogP contribution < -0.4 is 5.32 Å². The molecule has 2 aromatic rings. The van der Waals surface area contributed by atoms with Gasteiger partial charge in [0.25, 0.3) is 0 Å². The second-order valence-electron chi connectivity index (χ2n) is 4.67. The minimum absolute atomic E-state index is 0.106. The highest BCUT2D eigenvalue weighted by molar-refractivity contribution is 5.46. The van der Waals surface area contributed by atoms with Crippen molar-refractivity contribution in [3.05, 3.63) is 59.3 Å². The number of pyridine rings is 1. The number of nitrogens with one attached hydrogen (secondary N) is 1. The van der Waals surface area contributed by atoms with E-state index in [9.17, 15) is 13.2 Å². The van der Waals surface area contributed by atoms with Crippen molar-refractivity contribution in [1.82, 2.24) is 4.98 Å². The SMILES string of the molecule is N#CC[C@H](Nc1ccc(C(F)(F)F)c(C#N)n1)c1ccccc1. The van der Waals surface area contributed by atoms with E-state index in [0.717, 1.165) is 17.7 Å². The minimum Gasteiger partial charge on any atom is -0.362 e. The van der Waals surface area contributed by atoms with E-state index in [1.807, 2.05) is 12.1 Å². The molecule has 0 aliphatic heterocycles. The molecule has 1 heterocycles. The molecule has 1 atom stereocenters. The number of hydrogen-bond acceptors (Lipinski definition) is 4. The van der Waals surface area contributed by atoms with Crippen LogP contribution in [-0.2, 0) is 6.18 Å². The lowest BCUT2D eigenvalue weighted by atomic mass is 10.0. The van der Waals surface area contributed by atoms with Gasteiger partial charge in [-0.05, 0) is 17.7 Å². The van der Waals surface area contributed by atoms with Gasteiger partial charge in [0.1, 0.15) is 11.9 Å². The van der Waals surface area contributed by atoms with Crippen LogP contribution in [0.5, 0.6) is 0 Å². The van der Waals surface area contributed by atoms with Gasteiger partial charge in [-0.3, -0.25) is 0 Å². The topological polar surface area (TPSA) is 72.5 Å². The average molecular weight is 316 g/mol. The first-order valence-electron chi connectivity index (χ1n) is 6.62. The molecule has 1 aromatic carbocycles. The number of alkyl halides is 3. The zero-order valence-corrected chi connectivity index (χ0v) is 11.8. The summed E-state index contributed by atoms with van der Waals surface area (Å²) < 4.78 is 38.3. The molecule has 116 valence electrons. The molecule has 0 bridgehead atoms. The number of hydrogen-bond donors (Lipinski definition) is 1. The van der Waals surface area contributed by atoms with E-state index in [4.69, 9.17) is 10.5 Å². The third-order valence-corrected chi connectivity index (χ3v) is 3.13. The van der Waals surface area contributed by atoms with Gasteiger partial charge >= 0.3 is 6.18 Å². The summed E-state index contributed by atoms with van der Waals surface area (Å²) in [6, 6.07) is 14.0. The fourth-order valence-corrected chi connectivity index (χ4v) is 2.06. The molecule has 7 heteroatoms. The molecule has 0 fully saturated rings. The highest BCUT2D eigenvalue weighted by Gasteiger charge is 2.34. The molecule has 0 spiro atoms. The zero-order chi connectivity index (χ0) is 16.9. The predicted octanol–water partition coefficient (Wildman–Crippen LogP) is 4.04. The predicted molar refractivity (Wildman–Crippen MR) is 77.0 cm³/mol. The highest BCUT2D eigenvalue weighted by atomic mass is 19.4. The molecule has 0 aliphatic rings. The first-order valence-corrected chi connectivity index (χ1v) is 6.62. The van der Waals surface area contributed by atoms with Gasteiger partial charge in [0.2, 0.25) is 0 Å². The maximum atomic E-state index is 12.8. The Hall–Kier alpha value is -3.06. The second kappa shape index (κ2) is 6.80. The van der Waals surface area contributed by atoms with Crippen molar-refractivity contribution >= 4 is 5.82 Å². The van der Waals surface area contributed by atoms with Crippen LogP contribution >= 0.6 is 0 Å². The molecule has 23 heavy (non-hydrogen) atoms. The zero-order valence-electron chi connectivity index (χ0n) is 11.8. The van der Waals surface area contributed by atoms with Gasteiger partial charge in [-0.1, -0.05) is 30.3 Å². The lowest BCUT2D eigenvalue weighted by molar-refractivity contribution is -0.138. The Morgan fingerprint density at radius 1 is 1.09 bits per heavy atom. The third-order valence-electron chi connectivity index (χ3n) is 3.13. The number of halogens is 3. The fourth-order valence-electron chi connectivity index (χ4n) is 2.06. The summed E-state index contributed by atoms with van der Waals surface area (Å²) in [4.78, 5) is 3.70.